The van der Waals surface area contributed by atoms with E-state index in [1.165, 1.54) is 0 Å². The van der Waals surface area contributed by atoms with E-state index in [-0.39, 0.29) is 5.25 Å². The molecule has 3 rings (SSSR count). The molecule has 1 atom stereocenters. The maximum atomic E-state index is 13.4. The van der Waals surface area contributed by atoms with Gasteiger partial charge in [0.05, 0.1) is 9.73 Å². The minimum absolute atomic E-state index is 0.335. The van der Waals surface area contributed by atoms with Crippen molar-refractivity contribution in [2.75, 3.05) is 0 Å². The smallest absolute Gasteiger partial charge is 0.285 e. The van der Waals surface area contributed by atoms with E-state index < -0.39 is 15.6 Å². The number of nitrogens with zero attached hydrogens (tertiary/aromatic N) is 3. The van der Waals surface area contributed by atoms with Gasteiger partial charge in [0.1, 0.15) is 0 Å². The summed E-state index contributed by atoms with van der Waals surface area (Å²) in [7, 11) is -2.93. The Bertz CT molecular complexity index is 1080. The van der Waals surface area contributed by atoms with E-state index >= 15 is 0 Å². The number of carbonyl (C=O) groups is 1. The summed E-state index contributed by atoms with van der Waals surface area (Å²) in [5.74, 6) is 0.356. The molecule has 0 spiro atoms. The van der Waals surface area contributed by atoms with Crippen molar-refractivity contribution >= 4 is 27.2 Å². The molecule has 0 radical (unpaired) electrons. The van der Waals surface area contributed by atoms with E-state index in [1.807, 2.05) is 0 Å². The third kappa shape index (κ3) is 4.09. The number of benzene rings is 2. The lowest BCUT2D eigenvalue weighted by Gasteiger charge is -2.14. The lowest BCUT2D eigenvalue weighted by atomic mass is 10.1. The summed E-state index contributed by atoms with van der Waals surface area (Å²) in [6.07, 6.45) is 0. The fourth-order valence-electron chi connectivity index (χ4n) is 2.41. The van der Waals surface area contributed by atoms with Crippen molar-refractivity contribution < 1.29 is 13.5 Å². The molecule has 1 heterocycles. The van der Waals surface area contributed by atoms with Crippen LogP contribution < -0.4 is 0 Å². The molecule has 140 valence electrons. The Morgan fingerprint density at radius 1 is 1.11 bits per heavy atom. The van der Waals surface area contributed by atoms with Crippen molar-refractivity contribution in [3.05, 3.63) is 65.0 Å². The van der Waals surface area contributed by atoms with Crippen LogP contribution in [0.4, 0.5) is 0 Å². The number of rotatable bonds is 4. The predicted molar refractivity (Wildman–Crippen MR) is 104 cm³/mol. The van der Waals surface area contributed by atoms with Crippen LogP contribution in [0.25, 0.3) is 11.4 Å². The second kappa shape index (κ2) is 7.62. The number of hydrogen-bond donors (Lipinski definition) is 0. The van der Waals surface area contributed by atoms with E-state index in [9.17, 15) is 9.00 Å². The maximum absolute atomic E-state index is 13.4. The van der Waals surface area contributed by atoms with Crippen LogP contribution in [-0.2, 0) is 9.73 Å². The molecule has 2 aromatic carbocycles. The van der Waals surface area contributed by atoms with Crippen LogP contribution in [0.5, 0.6) is 0 Å². The number of hydrogen-bond acceptors (Lipinski definition) is 5. The van der Waals surface area contributed by atoms with E-state index in [4.69, 9.17) is 16.1 Å². The summed E-state index contributed by atoms with van der Waals surface area (Å²) in [6.45, 7) is 5.25. The molecule has 0 aliphatic carbocycles. The zero-order valence-electron chi connectivity index (χ0n) is 15.0. The molecule has 6 nitrogen and oxygen atoms in total. The van der Waals surface area contributed by atoms with Gasteiger partial charge < -0.3 is 4.52 Å². The number of carbonyl (C=O) groups excluding carboxylic acids is 1. The summed E-state index contributed by atoms with van der Waals surface area (Å²) >= 11 is 5.90. The molecule has 0 aliphatic heterocycles. The minimum Gasteiger partial charge on any atom is -0.339 e. The van der Waals surface area contributed by atoms with Crippen LogP contribution in [-0.4, -0.2) is 25.5 Å². The Morgan fingerprint density at radius 2 is 1.74 bits per heavy atom. The molecule has 0 saturated heterocycles. The van der Waals surface area contributed by atoms with E-state index in [2.05, 4.69) is 14.5 Å². The predicted octanol–water partition coefficient (Wildman–Crippen LogP) is 4.77. The largest absolute Gasteiger partial charge is 0.339 e. The average Bonchev–Trinajstić information content (AvgIpc) is 3.08. The normalized spacial score (nSPS) is 13.4. The van der Waals surface area contributed by atoms with Gasteiger partial charge in [-0.25, -0.2) is 4.21 Å². The van der Waals surface area contributed by atoms with Gasteiger partial charge in [0.15, 0.2) is 0 Å². The number of halogens is 1. The Labute approximate surface area is 162 Å². The van der Waals surface area contributed by atoms with Crippen molar-refractivity contribution in [3.8, 4) is 11.4 Å². The fourth-order valence-corrected chi connectivity index (χ4v) is 4.28. The zero-order valence-corrected chi connectivity index (χ0v) is 16.6. The Morgan fingerprint density at radius 3 is 2.26 bits per heavy atom. The quantitative estimate of drug-likeness (QED) is 0.626. The molecule has 0 N–H and O–H groups in total. The van der Waals surface area contributed by atoms with Crippen molar-refractivity contribution in [3.63, 3.8) is 0 Å². The number of amides is 1. The molecule has 3 aromatic rings. The first kappa shape index (κ1) is 19.3. The minimum atomic E-state index is -2.93. The van der Waals surface area contributed by atoms with E-state index in [0.29, 0.717) is 32.8 Å². The monoisotopic (exact) mass is 403 g/mol. The van der Waals surface area contributed by atoms with E-state index in [1.54, 1.807) is 69.3 Å². The molecule has 0 saturated carbocycles. The summed E-state index contributed by atoms with van der Waals surface area (Å²) in [5.41, 5.74) is 1.05. The highest BCUT2D eigenvalue weighted by atomic mass is 35.5. The molecular weight excluding hydrogens is 386 g/mol. The van der Waals surface area contributed by atoms with Crippen molar-refractivity contribution in [2.24, 2.45) is 4.36 Å². The highest BCUT2D eigenvalue weighted by Crippen LogP contribution is 2.23. The van der Waals surface area contributed by atoms with Crippen molar-refractivity contribution in [1.29, 1.82) is 0 Å². The van der Waals surface area contributed by atoms with Crippen LogP contribution in [0.2, 0.25) is 5.02 Å². The Balaban J connectivity index is 1.95. The standard InChI is InChI=1S/C19H18ClN3O3S/c1-12(2)27(25,17-10-8-16(20)9-11-17)23-19(24)15-6-4-14(5-7-15)18-21-13(3)26-22-18/h4-12H,1-3H3. The van der Waals surface area contributed by atoms with Crippen LogP contribution >= 0.6 is 11.6 Å². The highest BCUT2D eigenvalue weighted by molar-refractivity contribution is 7.94. The fraction of sp³-hybridized carbons (Fsp3) is 0.211. The second-order valence-electron chi connectivity index (χ2n) is 6.18. The first-order chi connectivity index (χ1) is 12.8. The molecule has 0 fully saturated rings. The van der Waals surface area contributed by atoms with Crippen LogP contribution in [0.1, 0.15) is 30.1 Å². The molecule has 27 heavy (non-hydrogen) atoms. The third-order valence-corrected chi connectivity index (χ3v) is 6.84. The molecule has 1 aromatic heterocycles. The van der Waals surface area contributed by atoms with Gasteiger partial charge in [0, 0.05) is 33.2 Å². The van der Waals surface area contributed by atoms with Crippen LogP contribution in [0.15, 0.2) is 62.3 Å². The first-order valence-corrected chi connectivity index (χ1v) is 10.2. The van der Waals surface area contributed by atoms with Gasteiger partial charge in [-0.15, -0.1) is 0 Å². The first-order valence-electron chi connectivity index (χ1n) is 8.26. The molecule has 0 aliphatic rings. The third-order valence-electron chi connectivity index (χ3n) is 3.93. The van der Waals surface area contributed by atoms with Gasteiger partial charge in [-0.3, -0.25) is 4.79 Å². The number of aryl methyl sites for hydroxylation is 1. The number of aromatic nitrogens is 2. The van der Waals surface area contributed by atoms with E-state index in [0.717, 1.165) is 0 Å². The molecule has 1 unspecified atom stereocenters. The maximum Gasteiger partial charge on any atom is 0.285 e. The average molecular weight is 404 g/mol. The van der Waals surface area contributed by atoms with Gasteiger partial charge in [0.25, 0.3) is 5.91 Å². The van der Waals surface area contributed by atoms with Gasteiger partial charge >= 0.3 is 0 Å². The summed E-state index contributed by atoms with van der Waals surface area (Å²) in [4.78, 5) is 17.3. The van der Waals surface area contributed by atoms with Gasteiger partial charge in [-0.2, -0.15) is 9.35 Å². The highest BCUT2D eigenvalue weighted by Gasteiger charge is 2.20. The SMILES string of the molecule is Cc1nc(-c2ccc(C(=O)N=S(=O)(c3ccc(Cl)cc3)C(C)C)cc2)no1. The molecule has 0 bridgehead atoms. The lowest BCUT2D eigenvalue weighted by Crippen LogP contribution is -2.16. The van der Waals surface area contributed by atoms with Gasteiger partial charge in [-0.05, 0) is 50.2 Å². The molecule has 8 heteroatoms. The summed E-state index contributed by atoms with van der Waals surface area (Å²) < 4.78 is 22.4. The van der Waals surface area contributed by atoms with Crippen molar-refractivity contribution in [1.82, 2.24) is 10.1 Å². The molecule has 1 amide bonds. The zero-order chi connectivity index (χ0) is 19.6. The molecular formula is C19H18ClN3O3S. The Kier molecular flexibility index (Phi) is 5.43. The van der Waals surface area contributed by atoms with Gasteiger partial charge in [0.2, 0.25) is 11.7 Å². The van der Waals surface area contributed by atoms with Crippen LogP contribution in [0, 0.1) is 6.92 Å². The lowest BCUT2D eigenvalue weighted by molar-refractivity contribution is 0.100. The van der Waals surface area contributed by atoms with Crippen LogP contribution in [0.3, 0.4) is 0 Å². The Hall–Kier alpha value is -2.51. The summed E-state index contributed by atoms with van der Waals surface area (Å²) in [5, 5.41) is 4.03. The van der Waals surface area contributed by atoms with Gasteiger partial charge in [-0.1, -0.05) is 28.9 Å². The topological polar surface area (TPSA) is 85.4 Å². The summed E-state index contributed by atoms with van der Waals surface area (Å²) in [6, 6.07) is 13.2. The second-order valence-corrected chi connectivity index (χ2v) is 9.35. The van der Waals surface area contributed by atoms with Crippen molar-refractivity contribution in [2.45, 2.75) is 30.9 Å².